The summed E-state index contributed by atoms with van der Waals surface area (Å²) < 4.78 is 1.76. The van der Waals surface area contributed by atoms with E-state index in [0.29, 0.717) is 29.1 Å². The van der Waals surface area contributed by atoms with Crippen LogP contribution in [0.5, 0.6) is 0 Å². The van der Waals surface area contributed by atoms with Gasteiger partial charge in [0, 0.05) is 38.8 Å². The summed E-state index contributed by atoms with van der Waals surface area (Å²) in [5, 5.41) is 1.13. The van der Waals surface area contributed by atoms with Crippen molar-refractivity contribution in [2.45, 2.75) is 45.7 Å². The number of hydrogen-bond donors (Lipinski definition) is 0. The average molecular weight is 390 g/mol. The summed E-state index contributed by atoms with van der Waals surface area (Å²) in [6.45, 7) is 12.4. The van der Waals surface area contributed by atoms with Crippen molar-refractivity contribution in [2.24, 2.45) is 0 Å². The molecule has 0 amide bonds. The lowest BCUT2D eigenvalue weighted by Crippen LogP contribution is -2.50. The first-order valence-electron chi connectivity index (χ1n) is 9.67. The summed E-state index contributed by atoms with van der Waals surface area (Å²) in [5.74, 6) is 0. The molecule has 27 heavy (non-hydrogen) atoms. The summed E-state index contributed by atoms with van der Waals surface area (Å²) in [5.41, 5.74) is 1.32. The Bertz CT molecular complexity index is 855. The van der Waals surface area contributed by atoms with E-state index >= 15 is 0 Å². The van der Waals surface area contributed by atoms with E-state index in [-0.39, 0.29) is 5.56 Å². The van der Waals surface area contributed by atoms with E-state index in [4.69, 9.17) is 11.6 Å². The van der Waals surface area contributed by atoms with Crippen molar-refractivity contribution in [1.82, 2.24) is 19.4 Å². The fourth-order valence-electron chi connectivity index (χ4n) is 3.61. The number of anilines is 1. The molecule has 0 atom stereocenters. The minimum absolute atomic E-state index is 0.00821. The lowest BCUT2D eigenvalue weighted by molar-refractivity contribution is 0.209. The first-order chi connectivity index (χ1) is 13.0. The third-order valence-electron chi connectivity index (χ3n) is 5.24. The third kappa shape index (κ3) is 4.33. The van der Waals surface area contributed by atoms with Crippen LogP contribution < -0.4 is 10.5 Å². The molecule has 7 heteroatoms. The van der Waals surface area contributed by atoms with E-state index in [9.17, 15) is 4.79 Å². The van der Waals surface area contributed by atoms with Gasteiger partial charge in [0.25, 0.3) is 5.56 Å². The second-order valence-corrected chi connectivity index (χ2v) is 7.65. The van der Waals surface area contributed by atoms with Gasteiger partial charge >= 0.3 is 0 Å². The highest BCUT2D eigenvalue weighted by molar-refractivity contribution is 6.33. The molecule has 3 heterocycles. The lowest BCUT2D eigenvalue weighted by atomic mass is 10.2. The molecular formula is C20H28ClN5O. The van der Waals surface area contributed by atoms with E-state index in [1.165, 1.54) is 6.33 Å². The van der Waals surface area contributed by atoms with Gasteiger partial charge in [-0.25, -0.2) is 9.97 Å². The van der Waals surface area contributed by atoms with E-state index in [1.54, 1.807) is 4.57 Å². The van der Waals surface area contributed by atoms with E-state index in [2.05, 4.69) is 40.2 Å². The van der Waals surface area contributed by atoms with Gasteiger partial charge in [-0.2, -0.15) is 0 Å². The van der Waals surface area contributed by atoms with Gasteiger partial charge in [0.05, 0.1) is 5.39 Å². The molecule has 1 aliphatic rings. The number of fused-ring (bicyclic) bond motifs is 1. The maximum absolute atomic E-state index is 13.3. The van der Waals surface area contributed by atoms with Crippen LogP contribution in [0.3, 0.4) is 0 Å². The first kappa shape index (κ1) is 19.8. The van der Waals surface area contributed by atoms with Crippen molar-refractivity contribution in [3.05, 3.63) is 40.6 Å². The van der Waals surface area contributed by atoms with Gasteiger partial charge in [-0.05, 0) is 39.2 Å². The maximum atomic E-state index is 13.3. The Morgan fingerprint density at radius 3 is 2.63 bits per heavy atom. The van der Waals surface area contributed by atoms with Crippen LogP contribution in [0.25, 0.3) is 11.0 Å². The molecule has 2 aromatic rings. The standard InChI is InChI=1S/C20H28ClN5O/c1-4-5-6-7-8-26-19-16(18(21)22-14-23-19)13-17(20(26)27)25-11-9-24(10-12-25)15(2)3/h4,13-15H,1,5-12H2,2-3H3. The fourth-order valence-corrected chi connectivity index (χ4v) is 3.79. The molecule has 0 saturated carbocycles. The second-order valence-electron chi connectivity index (χ2n) is 7.29. The SMILES string of the molecule is C=CCCCCn1c(=O)c(N2CCN(C(C)C)CC2)cc2c(Cl)ncnc21. The molecule has 3 rings (SSSR count). The summed E-state index contributed by atoms with van der Waals surface area (Å²) in [6.07, 6.45) is 6.16. The smallest absolute Gasteiger partial charge is 0.275 e. The summed E-state index contributed by atoms with van der Waals surface area (Å²) in [4.78, 5) is 26.3. The summed E-state index contributed by atoms with van der Waals surface area (Å²) in [6, 6.07) is 2.39. The zero-order valence-electron chi connectivity index (χ0n) is 16.2. The molecule has 0 N–H and O–H groups in total. The Morgan fingerprint density at radius 2 is 1.96 bits per heavy atom. The van der Waals surface area contributed by atoms with Crippen molar-refractivity contribution in [2.75, 3.05) is 31.1 Å². The number of aryl methyl sites for hydroxylation is 1. The minimum atomic E-state index is 0.00821. The van der Waals surface area contributed by atoms with Crippen LogP contribution in [0.2, 0.25) is 5.15 Å². The molecule has 1 aliphatic heterocycles. The number of halogens is 1. The zero-order chi connectivity index (χ0) is 19.4. The number of nitrogens with zero attached hydrogens (tertiary/aromatic N) is 5. The first-order valence-corrected chi connectivity index (χ1v) is 10.0. The van der Waals surface area contributed by atoms with Crippen LogP contribution in [0.4, 0.5) is 5.69 Å². The molecular weight excluding hydrogens is 362 g/mol. The normalized spacial score (nSPS) is 15.6. The molecule has 0 unspecified atom stereocenters. The quantitative estimate of drug-likeness (QED) is 0.413. The van der Waals surface area contributed by atoms with Gasteiger partial charge in [-0.1, -0.05) is 17.7 Å². The highest BCUT2D eigenvalue weighted by atomic mass is 35.5. The van der Waals surface area contributed by atoms with Crippen molar-refractivity contribution >= 4 is 28.3 Å². The van der Waals surface area contributed by atoms with Crippen LogP contribution in [0, 0.1) is 0 Å². The molecule has 0 spiro atoms. The molecule has 0 radical (unpaired) electrons. The minimum Gasteiger partial charge on any atom is -0.364 e. The van der Waals surface area contributed by atoms with Crippen molar-refractivity contribution in [3.8, 4) is 0 Å². The Kier molecular flexibility index (Phi) is 6.50. The van der Waals surface area contributed by atoms with Crippen LogP contribution in [0.15, 0.2) is 29.8 Å². The number of aromatic nitrogens is 3. The van der Waals surface area contributed by atoms with Crippen LogP contribution in [-0.2, 0) is 6.54 Å². The third-order valence-corrected chi connectivity index (χ3v) is 5.54. The zero-order valence-corrected chi connectivity index (χ0v) is 17.0. The van der Waals surface area contributed by atoms with Crippen LogP contribution in [0.1, 0.15) is 33.1 Å². The Morgan fingerprint density at radius 1 is 1.22 bits per heavy atom. The molecule has 1 fully saturated rings. The number of hydrogen-bond acceptors (Lipinski definition) is 5. The predicted octanol–water partition coefficient (Wildman–Crippen LogP) is 3.33. The average Bonchev–Trinajstić information content (AvgIpc) is 2.67. The van der Waals surface area contributed by atoms with Crippen molar-refractivity contribution < 1.29 is 0 Å². The Hall–Kier alpha value is -1.92. The monoisotopic (exact) mass is 389 g/mol. The largest absolute Gasteiger partial charge is 0.364 e. The van der Waals surface area contributed by atoms with Crippen LogP contribution >= 0.6 is 11.6 Å². The fraction of sp³-hybridized carbons (Fsp3) is 0.550. The molecule has 2 aromatic heterocycles. The van der Waals surface area contributed by atoms with E-state index < -0.39 is 0 Å². The molecule has 0 aliphatic carbocycles. The molecule has 0 aromatic carbocycles. The number of rotatable bonds is 7. The van der Waals surface area contributed by atoms with E-state index in [0.717, 1.165) is 50.8 Å². The Balaban J connectivity index is 1.95. The maximum Gasteiger partial charge on any atom is 0.275 e. The van der Waals surface area contributed by atoms with Gasteiger partial charge in [0.15, 0.2) is 0 Å². The van der Waals surface area contributed by atoms with Gasteiger partial charge in [-0.3, -0.25) is 14.3 Å². The number of unbranched alkanes of at least 4 members (excludes halogenated alkanes) is 2. The number of allylic oxidation sites excluding steroid dienone is 1. The predicted molar refractivity (Wildman–Crippen MR) is 112 cm³/mol. The van der Waals surface area contributed by atoms with E-state index in [1.807, 2.05) is 12.1 Å². The van der Waals surface area contributed by atoms with Gasteiger partial charge in [0.2, 0.25) is 0 Å². The summed E-state index contributed by atoms with van der Waals surface area (Å²) in [7, 11) is 0. The second kappa shape index (κ2) is 8.85. The molecule has 146 valence electrons. The Labute approximate surface area is 165 Å². The highest BCUT2D eigenvalue weighted by Crippen LogP contribution is 2.24. The summed E-state index contributed by atoms with van der Waals surface area (Å²) >= 11 is 6.33. The van der Waals surface area contributed by atoms with Crippen molar-refractivity contribution in [3.63, 3.8) is 0 Å². The number of pyridine rings is 1. The van der Waals surface area contributed by atoms with Crippen LogP contribution in [-0.4, -0.2) is 51.7 Å². The van der Waals surface area contributed by atoms with Crippen molar-refractivity contribution in [1.29, 1.82) is 0 Å². The molecule has 0 bridgehead atoms. The van der Waals surface area contributed by atoms with Gasteiger partial charge in [0.1, 0.15) is 22.8 Å². The topological polar surface area (TPSA) is 54.3 Å². The molecule has 1 saturated heterocycles. The van der Waals surface area contributed by atoms with Gasteiger partial charge < -0.3 is 4.90 Å². The molecule has 6 nitrogen and oxygen atoms in total. The highest BCUT2D eigenvalue weighted by Gasteiger charge is 2.23. The van der Waals surface area contributed by atoms with Gasteiger partial charge in [-0.15, -0.1) is 6.58 Å². The number of piperazine rings is 1. The lowest BCUT2D eigenvalue weighted by Gasteiger charge is -2.38.